The van der Waals surface area contributed by atoms with Crippen molar-refractivity contribution in [2.24, 2.45) is 0 Å². The Bertz CT molecular complexity index is 1190. The monoisotopic (exact) mass is 432 g/mol. The quantitative estimate of drug-likeness (QED) is 0.201. The van der Waals surface area contributed by atoms with Crippen LogP contribution in [0.3, 0.4) is 0 Å². The number of carbonyl (C=O) groups excluding carboxylic acids is 2. The topological polar surface area (TPSA) is 119 Å². The fourth-order valence-corrected chi connectivity index (χ4v) is 3.86. The predicted octanol–water partition coefficient (Wildman–Crippen LogP) is 3.30. The Morgan fingerprint density at radius 3 is 2.56 bits per heavy atom. The highest BCUT2D eigenvalue weighted by Gasteiger charge is 2.46. The second-order valence-electron chi connectivity index (χ2n) is 7.36. The lowest BCUT2D eigenvalue weighted by Gasteiger charge is -2.25. The number of nitro groups is 1. The third-order valence-corrected chi connectivity index (χ3v) is 5.36. The fourth-order valence-electron chi connectivity index (χ4n) is 3.86. The van der Waals surface area contributed by atoms with E-state index in [1.165, 1.54) is 23.1 Å². The van der Waals surface area contributed by atoms with Gasteiger partial charge < -0.3 is 14.6 Å². The summed E-state index contributed by atoms with van der Waals surface area (Å²) in [4.78, 5) is 42.0. The first kappa shape index (κ1) is 21.0. The highest BCUT2D eigenvalue weighted by Crippen LogP contribution is 2.40. The molecule has 0 unspecified atom stereocenters. The van der Waals surface area contributed by atoms with E-state index in [2.05, 4.69) is 4.98 Å². The van der Waals surface area contributed by atoms with Crippen LogP contribution in [0.4, 0.5) is 5.69 Å². The van der Waals surface area contributed by atoms with Crippen molar-refractivity contribution in [1.82, 2.24) is 14.5 Å². The van der Waals surface area contributed by atoms with Gasteiger partial charge in [0, 0.05) is 43.2 Å². The van der Waals surface area contributed by atoms with Crippen molar-refractivity contribution in [3.63, 3.8) is 0 Å². The molecule has 0 aliphatic carbocycles. The van der Waals surface area contributed by atoms with Gasteiger partial charge in [-0.2, -0.15) is 0 Å². The minimum Gasteiger partial charge on any atom is -0.507 e. The molecule has 0 saturated carbocycles. The van der Waals surface area contributed by atoms with Crippen molar-refractivity contribution >= 4 is 23.1 Å². The number of carbonyl (C=O) groups is 2. The Labute approximate surface area is 183 Å². The second kappa shape index (κ2) is 8.84. The SMILES string of the molecule is O=C1C(=O)N(CCCn2ccnc2)[C@@H](c2cccc([N+](=O)[O-])c2)C1=C(O)c1ccccc1. The number of non-ortho nitro benzene ring substituents is 1. The molecule has 1 aliphatic rings. The second-order valence-corrected chi connectivity index (χ2v) is 7.36. The van der Waals surface area contributed by atoms with Crippen LogP contribution in [0, 0.1) is 10.1 Å². The molecule has 1 amide bonds. The van der Waals surface area contributed by atoms with E-state index in [9.17, 15) is 24.8 Å². The van der Waals surface area contributed by atoms with Gasteiger partial charge in [-0.1, -0.05) is 42.5 Å². The van der Waals surface area contributed by atoms with Crippen molar-refractivity contribution in [1.29, 1.82) is 0 Å². The molecule has 9 heteroatoms. The lowest BCUT2D eigenvalue weighted by Crippen LogP contribution is -2.31. The van der Waals surface area contributed by atoms with Gasteiger partial charge in [0.05, 0.1) is 22.9 Å². The molecular weight excluding hydrogens is 412 g/mol. The Morgan fingerprint density at radius 1 is 1.09 bits per heavy atom. The molecule has 1 fully saturated rings. The van der Waals surface area contributed by atoms with E-state index in [1.54, 1.807) is 55.1 Å². The summed E-state index contributed by atoms with van der Waals surface area (Å²) in [5.41, 5.74) is 0.536. The van der Waals surface area contributed by atoms with Gasteiger partial charge in [0.1, 0.15) is 5.76 Å². The summed E-state index contributed by atoms with van der Waals surface area (Å²) in [5.74, 6) is -1.87. The molecule has 3 aromatic rings. The van der Waals surface area contributed by atoms with Crippen molar-refractivity contribution in [2.45, 2.75) is 19.0 Å². The van der Waals surface area contributed by atoms with Crippen molar-refractivity contribution in [3.05, 3.63) is 100 Å². The van der Waals surface area contributed by atoms with E-state index in [0.29, 0.717) is 24.1 Å². The third kappa shape index (κ3) is 4.00. The fraction of sp³-hybridized carbons (Fsp3) is 0.174. The van der Waals surface area contributed by atoms with Crippen molar-refractivity contribution in [3.8, 4) is 0 Å². The van der Waals surface area contributed by atoms with E-state index in [-0.39, 0.29) is 23.6 Å². The van der Waals surface area contributed by atoms with Crippen LogP contribution in [0.1, 0.15) is 23.6 Å². The molecule has 1 aliphatic heterocycles. The molecule has 0 radical (unpaired) electrons. The minimum atomic E-state index is -0.933. The molecule has 1 N–H and O–H groups in total. The average Bonchev–Trinajstić information content (AvgIpc) is 3.41. The molecule has 2 aromatic carbocycles. The molecule has 162 valence electrons. The molecule has 4 rings (SSSR count). The Kier molecular flexibility index (Phi) is 5.80. The molecule has 1 atom stereocenters. The Morgan fingerprint density at radius 2 is 1.88 bits per heavy atom. The van der Waals surface area contributed by atoms with E-state index in [0.717, 1.165) is 0 Å². The number of nitrogens with zero attached hydrogens (tertiary/aromatic N) is 4. The highest BCUT2D eigenvalue weighted by molar-refractivity contribution is 6.46. The summed E-state index contributed by atoms with van der Waals surface area (Å²) in [6, 6.07) is 13.3. The summed E-state index contributed by atoms with van der Waals surface area (Å²) >= 11 is 0. The van der Waals surface area contributed by atoms with Gasteiger partial charge in [0.25, 0.3) is 17.4 Å². The molecule has 32 heavy (non-hydrogen) atoms. The number of hydrogen-bond donors (Lipinski definition) is 1. The van der Waals surface area contributed by atoms with Gasteiger partial charge in [0.2, 0.25) is 0 Å². The minimum absolute atomic E-state index is 0.0793. The predicted molar refractivity (Wildman–Crippen MR) is 115 cm³/mol. The van der Waals surface area contributed by atoms with Gasteiger partial charge in [0.15, 0.2) is 0 Å². The number of aliphatic hydroxyl groups excluding tert-OH is 1. The lowest BCUT2D eigenvalue weighted by molar-refractivity contribution is -0.384. The number of ketones is 1. The number of Topliss-reactive ketones (excluding diaryl/α,β-unsaturated/α-hetero) is 1. The summed E-state index contributed by atoms with van der Waals surface area (Å²) in [5, 5.41) is 22.3. The summed E-state index contributed by atoms with van der Waals surface area (Å²) in [6.45, 7) is 0.797. The van der Waals surface area contributed by atoms with Crippen molar-refractivity contribution < 1.29 is 19.6 Å². The zero-order valence-electron chi connectivity index (χ0n) is 17.0. The maximum absolute atomic E-state index is 13.0. The number of benzene rings is 2. The van der Waals surface area contributed by atoms with Crippen molar-refractivity contribution in [2.75, 3.05) is 6.54 Å². The Balaban J connectivity index is 1.76. The number of aromatic nitrogens is 2. The summed E-state index contributed by atoms with van der Waals surface area (Å²) in [7, 11) is 0. The van der Waals surface area contributed by atoms with E-state index in [1.807, 2.05) is 4.57 Å². The molecule has 1 aromatic heterocycles. The van der Waals surface area contributed by atoms with Gasteiger partial charge in [-0.05, 0) is 12.0 Å². The van der Waals surface area contributed by atoms with E-state index in [4.69, 9.17) is 0 Å². The number of amides is 1. The molecule has 0 bridgehead atoms. The van der Waals surface area contributed by atoms with Crippen LogP contribution in [0.25, 0.3) is 5.76 Å². The molecule has 2 heterocycles. The normalized spacial score (nSPS) is 17.6. The number of nitro benzene ring substituents is 1. The first-order valence-corrected chi connectivity index (χ1v) is 10.0. The summed E-state index contributed by atoms with van der Waals surface area (Å²) in [6.07, 6.45) is 5.62. The number of hydrogen-bond acceptors (Lipinski definition) is 6. The largest absolute Gasteiger partial charge is 0.507 e. The maximum atomic E-state index is 13.0. The van der Waals surface area contributed by atoms with Crippen LogP contribution in [0.2, 0.25) is 0 Å². The smallest absolute Gasteiger partial charge is 0.295 e. The zero-order chi connectivity index (χ0) is 22.7. The van der Waals surface area contributed by atoms with Gasteiger partial charge in [-0.15, -0.1) is 0 Å². The summed E-state index contributed by atoms with van der Waals surface area (Å²) < 4.78 is 1.85. The maximum Gasteiger partial charge on any atom is 0.295 e. The average molecular weight is 432 g/mol. The van der Waals surface area contributed by atoms with Crippen LogP contribution in [-0.2, 0) is 16.1 Å². The van der Waals surface area contributed by atoms with Crippen LogP contribution in [0.15, 0.2) is 78.9 Å². The highest BCUT2D eigenvalue weighted by atomic mass is 16.6. The van der Waals surface area contributed by atoms with Crippen LogP contribution < -0.4 is 0 Å². The number of rotatable bonds is 7. The molecule has 0 spiro atoms. The number of aryl methyl sites for hydroxylation is 1. The van der Waals surface area contributed by atoms with Gasteiger partial charge in [-0.3, -0.25) is 19.7 Å². The molecule has 9 nitrogen and oxygen atoms in total. The Hall–Kier alpha value is -4.27. The van der Waals surface area contributed by atoms with Gasteiger partial charge in [-0.25, -0.2) is 4.98 Å². The first-order chi connectivity index (χ1) is 15.5. The first-order valence-electron chi connectivity index (χ1n) is 10.0. The third-order valence-electron chi connectivity index (χ3n) is 5.36. The van der Waals surface area contributed by atoms with Crippen LogP contribution >= 0.6 is 0 Å². The standard InChI is InChI=1S/C23H20N4O5/c28-21(16-6-2-1-3-7-16)19-20(17-8-4-9-18(14-17)27(31)32)26(23(30)22(19)29)12-5-11-25-13-10-24-15-25/h1-4,6-10,13-15,20,28H,5,11-12H2/t20-/m0/s1. The number of likely N-dealkylation sites (tertiary alicyclic amines) is 1. The molecule has 1 saturated heterocycles. The molecular formula is C23H20N4O5. The van der Waals surface area contributed by atoms with E-state index >= 15 is 0 Å². The number of aliphatic hydroxyl groups is 1. The van der Waals surface area contributed by atoms with Gasteiger partial charge >= 0.3 is 0 Å². The number of imidazole rings is 1. The van der Waals surface area contributed by atoms with Crippen LogP contribution in [-0.4, -0.2) is 42.7 Å². The lowest BCUT2D eigenvalue weighted by atomic mass is 9.95. The van der Waals surface area contributed by atoms with E-state index < -0.39 is 22.7 Å². The zero-order valence-corrected chi connectivity index (χ0v) is 17.0. The van der Waals surface area contributed by atoms with Crippen LogP contribution in [0.5, 0.6) is 0 Å².